The van der Waals surface area contributed by atoms with E-state index in [4.69, 9.17) is 4.74 Å². The van der Waals surface area contributed by atoms with Crippen molar-refractivity contribution in [3.8, 4) is 0 Å². The molecule has 1 aromatic rings. The van der Waals surface area contributed by atoms with Crippen molar-refractivity contribution in [3.63, 3.8) is 0 Å². The number of methoxy groups -OCH3 is 1. The van der Waals surface area contributed by atoms with Crippen molar-refractivity contribution in [2.45, 2.75) is 43.5 Å². The predicted molar refractivity (Wildman–Crippen MR) is 92.8 cm³/mol. The molecular formula is C16H24BrNO2S. The molecule has 1 aromatic carbocycles. The van der Waals surface area contributed by atoms with Crippen molar-refractivity contribution in [1.29, 1.82) is 0 Å². The lowest BCUT2D eigenvalue weighted by molar-refractivity contribution is -0.148. The van der Waals surface area contributed by atoms with Gasteiger partial charge in [-0.05, 0) is 50.3 Å². The summed E-state index contributed by atoms with van der Waals surface area (Å²) in [7, 11) is 1.45. The van der Waals surface area contributed by atoms with Crippen molar-refractivity contribution < 1.29 is 9.53 Å². The summed E-state index contributed by atoms with van der Waals surface area (Å²) in [4.78, 5) is 13.1. The third-order valence-electron chi connectivity index (χ3n) is 3.34. The molecule has 21 heavy (non-hydrogen) atoms. The summed E-state index contributed by atoms with van der Waals surface area (Å²) in [6.45, 7) is 4.69. The highest BCUT2D eigenvalue weighted by atomic mass is 79.9. The van der Waals surface area contributed by atoms with E-state index in [2.05, 4.69) is 33.4 Å². The number of rotatable bonds is 9. The van der Waals surface area contributed by atoms with Crippen LogP contribution in [0.15, 0.2) is 33.6 Å². The molecule has 0 aromatic heterocycles. The fourth-order valence-corrected chi connectivity index (χ4v) is 3.73. The Bertz CT molecular complexity index is 456. The van der Waals surface area contributed by atoms with E-state index in [1.54, 1.807) is 0 Å². The molecule has 0 aliphatic rings. The monoisotopic (exact) mass is 373 g/mol. The number of carbonyl (C=O) groups excluding carboxylic acids is 1. The molecule has 0 amide bonds. The van der Waals surface area contributed by atoms with E-state index >= 15 is 0 Å². The van der Waals surface area contributed by atoms with Gasteiger partial charge in [0, 0.05) is 9.37 Å². The number of esters is 1. The molecule has 1 unspecified atom stereocenters. The Balaban J connectivity index is 2.33. The van der Waals surface area contributed by atoms with Gasteiger partial charge in [-0.25, -0.2) is 0 Å². The summed E-state index contributed by atoms with van der Waals surface area (Å²) in [5.41, 5.74) is -0.566. The number of benzene rings is 1. The summed E-state index contributed by atoms with van der Waals surface area (Å²) in [5, 5.41) is 3.24. The normalized spacial score (nSPS) is 13.7. The van der Waals surface area contributed by atoms with E-state index in [0.29, 0.717) is 0 Å². The SMILES string of the molecule is CCNC(C)(CCCCSc1cccc(Br)c1)C(=O)OC. The van der Waals surface area contributed by atoms with Gasteiger partial charge in [-0.3, -0.25) is 4.79 Å². The largest absolute Gasteiger partial charge is 0.468 e. The van der Waals surface area contributed by atoms with Gasteiger partial charge in [0.05, 0.1) is 7.11 Å². The number of unbranched alkanes of at least 4 members (excludes halogenated alkanes) is 1. The van der Waals surface area contributed by atoms with E-state index in [1.165, 1.54) is 12.0 Å². The Kier molecular flexibility index (Phi) is 8.37. The average molecular weight is 374 g/mol. The lowest BCUT2D eigenvalue weighted by Crippen LogP contribution is -2.50. The Morgan fingerprint density at radius 3 is 2.81 bits per heavy atom. The molecule has 1 N–H and O–H groups in total. The molecule has 0 saturated carbocycles. The van der Waals surface area contributed by atoms with Crippen molar-refractivity contribution in [3.05, 3.63) is 28.7 Å². The minimum Gasteiger partial charge on any atom is -0.468 e. The van der Waals surface area contributed by atoms with E-state index in [0.717, 1.165) is 36.0 Å². The zero-order valence-electron chi connectivity index (χ0n) is 12.9. The summed E-state index contributed by atoms with van der Waals surface area (Å²) >= 11 is 5.33. The number of ether oxygens (including phenoxy) is 1. The zero-order chi connectivity index (χ0) is 15.7. The van der Waals surface area contributed by atoms with Crippen LogP contribution in [-0.2, 0) is 9.53 Å². The first-order chi connectivity index (χ1) is 10.0. The van der Waals surface area contributed by atoms with E-state index < -0.39 is 5.54 Å². The van der Waals surface area contributed by atoms with Gasteiger partial charge in [0.1, 0.15) is 5.54 Å². The quantitative estimate of drug-likeness (QED) is 0.398. The molecule has 0 saturated heterocycles. The fourth-order valence-electron chi connectivity index (χ4n) is 2.21. The van der Waals surface area contributed by atoms with Gasteiger partial charge >= 0.3 is 5.97 Å². The first-order valence-electron chi connectivity index (χ1n) is 7.23. The second kappa shape index (κ2) is 9.49. The maximum atomic E-state index is 11.9. The first-order valence-corrected chi connectivity index (χ1v) is 9.01. The summed E-state index contributed by atoms with van der Waals surface area (Å²) < 4.78 is 6.00. The molecule has 5 heteroatoms. The summed E-state index contributed by atoms with van der Waals surface area (Å²) in [6, 6.07) is 8.32. The molecule has 0 radical (unpaired) electrons. The maximum Gasteiger partial charge on any atom is 0.325 e. The van der Waals surface area contributed by atoms with Crippen LogP contribution in [-0.4, -0.2) is 30.9 Å². The van der Waals surface area contributed by atoms with Crippen molar-refractivity contribution in [1.82, 2.24) is 5.32 Å². The highest BCUT2D eigenvalue weighted by molar-refractivity contribution is 9.10. The lowest BCUT2D eigenvalue weighted by atomic mass is 9.95. The molecule has 0 spiro atoms. The van der Waals surface area contributed by atoms with Crippen LogP contribution < -0.4 is 5.32 Å². The van der Waals surface area contributed by atoms with Crippen molar-refractivity contribution in [2.24, 2.45) is 0 Å². The zero-order valence-corrected chi connectivity index (χ0v) is 15.4. The van der Waals surface area contributed by atoms with Crippen LogP contribution in [0.2, 0.25) is 0 Å². The Hall–Kier alpha value is -0.520. The second-order valence-corrected chi connectivity index (χ2v) is 7.20. The van der Waals surface area contributed by atoms with Crippen LogP contribution in [0.5, 0.6) is 0 Å². The van der Waals surface area contributed by atoms with E-state index in [-0.39, 0.29) is 5.97 Å². The molecule has 1 atom stereocenters. The number of hydrogen-bond donors (Lipinski definition) is 1. The van der Waals surface area contributed by atoms with Crippen LogP contribution >= 0.6 is 27.7 Å². The number of hydrogen-bond acceptors (Lipinski definition) is 4. The number of halogens is 1. The van der Waals surface area contributed by atoms with Crippen LogP contribution in [0.3, 0.4) is 0 Å². The molecule has 0 aliphatic carbocycles. The van der Waals surface area contributed by atoms with Gasteiger partial charge in [0.25, 0.3) is 0 Å². The highest BCUT2D eigenvalue weighted by Gasteiger charge is 2.32. The van der Waals surface area contributed by atoms with Crippen LogP contribution in [0.25, 0.3) is 0 Å². The molecule has 0 aliphatic heterocycles. The van der Waals surface area contributed by atoms with Crippen LogP contribution in [0.1, 0.15) is 33.1 Å². The molecule has 118 valence electrons. The smallest absolute Gasteiger partial charge is 0.325 e. The third-order valence-corrected chi connectivity index (χ3v) is 4.91. The topological polar surface area (TPSA) is 38.3 Å². The summed E-state index contributed by atoms with van der Waals surface area (Å²) in [6.07, 6.45) is 2.88. The molecule has 3 nitrogen and oxygen atoms in total. The second-order valence-electron chi connectivity index (χ2n) is 5.12. The molecular weight excluding hydrogens is 350 g/mol. The standard InChI is InChI=1S/C16H24BrNO2S/c1-4-18-16(2,15(19)20-3)10-5-6-11-21-14-9-7-8-13(17)12-14/h7-9,12,18H,4-6,10-11H2,1-3H3. The predicted octanol–water partition coefficient (Wildman–Crippen LogP) is 4.25. The minimum absolute atomic E-state index is 0.177. The minimum atomic E-state index is -0.566. The lowest BCUT2D eigenvalue weighted by Gasteiger charge is -2.27. The fraction of sp³-hybridized carbons (Fsp3) is 0.562. The maximum absolute atomic E-state index is 11.9. The van der Waals surface area contributed by atoms with Gasteiger partial charge in [0.2, 0.25) is 0 Å². The van der Waals surface area contributed by atoms with Gasteiger partial charge in [-0.1, -0.05) is 35.3 Å². The van der Waals surface area contributed by atoms with Crippen LogP contribution in [0, 0.1) is 0 Å². The van der Waals surface area contributed by atoms with Crippen LogP contribution in [0.4, 0.5) is 0 Å². The molecule has 0 heterocycles. The van der Waals surface area contributed by atoms with Gasteiger partial charge < -0.3 is 10.1 Å². The summed E-state index contributed by atoms with van der Waals surface area (Å²) in [5.74, 6) is 0.879. The van der Waals surface area contributed by atoms with Gasteiger partial charge in [-0.15, -0.1) is 11.8 Å². The highest BCUT2D eigenvalue weighted by Crippen LogP contribution is 2.24. The van der Waals surface area contributed by atoms with Crippen molar-refractivity contribution in [2.75, 3.05) is 19.4 Å². The molecule has 0 fully saturated rings. The Morgan fingerprint density at radius 1 is 1.43 bits per heavy atom. The third kappa shape index (κ3) is 6.41. The number of likely N-dealkylation sites (N-methyl/N-ethyl adjacent to an activating group) is 1. The Morgan fingerprint density at radius 2 is 2.19 bits per heavy atom. The first kappa shape index (κ1) is 18.5. The number of thioether (sulfide) groups is 1. The average Bonchev–Trinajstić information content (AvgIpc) is 2.46. The van der Waals surface area contributed by atoms with E-state index in [1.807, 2.05) is 37.7 Å². The van der Waals surface area contributed by atoms with Gasteiger partial charge in [-0.2, -0.15) is 0 Å². The van der Waals surface area contributed by atoms with E-state index in [9.17, 15) is 4.79 Å². The van der Waals surface area contributed by atoms with Crippen molar-refractivity contribution >= 4 is 33.7 Å². The van der Waals surface area contributed by atoms with Gasteiger partial charge in [0.15, 0.2) is 0 Å². The Labute approximate surface area is 140 Å². The number of nitrogens with one attached hydrogen (secondary N) is 1. The molecule has 1 rings (SSSR count). The molecule has 0 bridgehead atoms. The number of carbonyl (C=O) groups is 1.